The monoisotopic (exact) mass is 487 g/mol. The van der Waals surface area contributed by atoms with Gasteiger partial charge in [0.2, 0.25) is 11.8 Å². The van der Waals surface area contributed by atoms with Crippen LogP contribution in [0.5, 0.6) is 5.75 Å². The molecule has 2 aromatic carbocycles. The minimum atomic E-state index is -0.661. The van der Waals surface area contributed by atoms with E-state index in [1.165, 1.54) is 19.2 Å². The maximum absolute atomic E-state index is 13.3. The van der Waals surface area contributed by atoms with Crippen molar-refractivity contribution in [3.05, 3.63) is 65.5 Å². The predicted molar refractivity (Wildman–Crippen MR) is 131 cm³/mol. The first-order chi connectivity index (χ1) is 16.4. The lowest BCUT2D eigenvalue weighted by molar-refractivity contribution is -0.140. The largest absolute Gasteiger partial charge is 0.496 e. The fourth-order valence-corrected chi connectivity index (χ4v) is 4.32. The number of hydrogen-bond donors (Lipinski definition) is 1. The summed E-state index contributed by atoms with van der Waals surface area (Å²) < 4.78 is 18.4. The number of nitrogens with zero attached hydrogens (tertiary/aromatic N) is 2. The summed E-state index contributed by atoms with van der Waals surface area (Å²) in [5.74, 6) is 0.273. The molecule has 7 nitrogen and oxygen atoms in total. The van der Waals surface area contributed by atoms with Gasteiger partial charge in [0, 0.05) is 26.2 Å². The minimum absolute atomic E-state index is 0.0536. The summed E-state index contributed by atoms with van der Waals surface area (Å²) in [5, 5.41) is 2.88. The number of hydrogen-bond acceptors (Lipinski definition) is 5. The highest BCUT2D eigenvalue weighted by Crippen LogP contribution is 2.18. The number of halogens is 1. The summed E-state index contributed by atoms with van der Waals surface area (Å²) in [6.45, 7) is 1.63. The van der Waals surface area contributed by atoms with Crippen molar-refractivity contribution >= 4 is 29.5 Å². The van der Waals surface area contributed by atoms with Gasteiger partial charge in [0.1, 0.15) is 17.6 Å². The molecule has 0 aromatic heterocycles. The third kappa shape index (κ3) is 6.72. The van der Waals surface area contributed by atoms with E-state index in [0.29, 0.717) is 43.9 Å². The van der Waals surface area contributed by atoms with Gasteiger partial charge < -0.3 is 19.9 Å². The van der Waals surface area contributed by atoms with E-state index in [4.69, 9.17) is 4.74 Å². The molecule has 0 unspecified atom stereocenters. The van der Waals surface area contributed by atoms with E-state index in [2.05, 4.69) is 5.32 Å². The van der Waals surface area contributed by atoms with Crippen molar-refractivity contribution < 1.29 is 23.5 Å². The SMILES string of the molecule is COc1ccccc1C(=O)N[C@@H](CCSC)C(=O)N1CCN(C(=O)Cc2ccc(F)cc2)CC1. The molecule has 1 fully saturated rings. The number of nitrogens with one attached hydrogen (secondary N) is 1. The Morgan fingerprint density at radius 2 is 1.68 bits per heavy atom. The van der Waals surface area contributed by atoms with E-state index in [-0.39, 0.29) is 30.0 Å². The third-order valence-corrected chi connectivity index (χ3v) is 6.42. The molecule has 1 N–H and O–H groups in total. The second-order valence-corrected chi connectivity index (χ2v) is 9.00. The van der Waals surface area contributed by atoms with Crippen molar-refractivity contribution in [3.63, 3.8) is 0 Å². The van der Waals surface area contributed by atoms with Crippen LogP contribution in [0, 0.1) is 5.82 Å². The van der Waals surface area contributed by atoms with Crippen LogP contribution < -0.4 is 10.1 Å². The molecule has 34 heavy (non-hydrogen) atoms. The number of ether oxygens (including phenoxy) is 1. The highest BCUT2D eigenvalue weighted by atomic mass is 32.2. The van der Waals surface area contributed by atoms with Crippen LogP contribution in [-0.4, -0.2) is 78.9 Å². The number of methoxy groups -OCH3 is 1. The maximum Gasteiger partial charge on any atom is 0.255 e. The molecular formula is C25H30FN3O4S. The second-order valence-electron chi connectivity index (χ2n) is 8.02. The van der Waals surface area contributed by atoms with Gasteiger partial charge in [-0.15, -0.1) is 0 Å². The quantitative estimate of drug-likeness (QED) is 0.588. The Morgan fingerprint density at radius 1 is 1.03 bits per heavy atom. The van der Waals surface area contributed by atoms with E-state index < -0.39 is 6.04 Å². The smallest absolute Gasteiger partial charge is 0.255 e. The summed E-state index contributed by atoms with van der Waals surface area (Å²) in [6.07, 6.45) is 2.65. The van der Waals surface area contributed by atoms with Crippen molar-refractivity contribution in [3.8, 4) is 5.75 Å². The fourth-order valence-electron chi connectivity index (χ4n) is 3.85. The van der Waals surface area contributed by atoms with Gasteiger partial charge >= 0.3 is 0 Å². The Labute approximate surface area is 203 Å². The average Bonchev–Trinajstić information content (AvgIpc) is 2.87. The zero-order valence-corrected chi connectivity index (χ0v) is 20.3. The van der Waals surface area contributed by atoms with Crippen LogP contribution in [0.1, 0.15) is 22.3 Å². The van der Waals surface area contributed by atoms with Crippen molar-refractivity contribution in [1.82, 2.24) is 15.1 Å². The van der Waals surface area contributed by atoms with E-state index >= 15 is 0 Å². The van der Waals surface area contributed by atoms with Crippen molar-refractivity contribution in [2.24, 2.45) is 0 Å². The second kappa shape index (κ2) is 12.4. The van der Waals surface area contributed by atoms with E-state index in [9.17, 15) is 18.8 Å². The van der Waals surface area contributed by atoms with Crippen LogP contribution in [-0.2, 0) is 16.0 Å². The summed E-state index contributed by atoms with van der Waals surface area (Å²) in [4.78, 5) is 42.2. The highest BCUT2D eigenvalue weighted by Gasteiger charge is 2.30. The van der Waals surface area contributed by atoms with Gasteiger partial charge in [-0.3, -0.25) is 14.4 Å². The molecule has 3 amide bonds. The van der Waals surface area contributed by atoms with Gasteiger partial charge in [0.25, 0.3) is 5.91 Å². The normalized spacial score (nSPS) is 14.4. The first-order valence-electron chi connectivity index (χ1n) is 11.2. The molecule has 2 aromatic rings. The molecule has 182 valence electrons. The molecule has 9 heteroatoms. The number of para-hydroxylation sites is 1. The van der Waals surface area contributed by atoms with E-state index in [0.717, 1.165) is 11.3 Å². The standard InChI is InChI=1S/C25H30FN3O4S/c1-33-22-6-4-3-5-20(22)24(31)27-21(11-16-34-2)25(32)29-14-12-28(13-15-29)23(30)17-18-7-9-19(26)10-8-18/h3-10,21H,11-17H2,1-2H3,(H,27,31)/t21-/m0/s1. The molecule has 1 saturated heterocycles. The highest BCUT2D eigenvalue weighted by molar-refractivity contribution is 7.98. The minimum Gasteiger partial charge on any atom is -0.496 e. The molecule has 0 radical (unpaired) electrons. The van der Waals surface area contributed by atoms with Gasteiger partial charge in [0.05, 0.1) is 19.1 Å². The lowest BCUT2D eigenvalue weighted by atomic mass is 10.1. The summed E-state index contributed by atoms with van der Waals surface area (Å²) in [7, 11) is 1.50. The van der Waals surface area contributed by atoms with Crippen LogP contribution in [0.3, 0.4) is 0 Å². The topological polar surface area (TPSA) is 79.0 Å². The molecule has 1 atom stereocenters. The zero-order valence-electron chi connectivity index (χ0n) is 19.5. The summed E-state index contributed by atoms with van der Waals surface area (Å²) in [5.41, 5.74) is 1.13. The number of rotatable bonds is 9. The molecular weight excluding hydrogens is 457 g/mol. The Hall–Kier alpha value is -3.07. The number of amides is 3. The third-order valence-electron chi connectivity index (χ3n) is 5.78. The van der Waals surface area contributed by atoms with Crippen molar-refractivity contribution in [2.75, 3.05) is 45.3 Å². The van der Waals surface area contributed by atoms with E-state index in [1.807, 2.05) is 6.26 Å². The van der Waals surface area contributed by atoms with Crippen LogP contribution in [0.15, 0.2) is 48.5 Å². The predicted octanol–water partition coefficient (Wildman–Crippen LogP) is 2.60. The summed E-state index contributed by atoms with van der Waals surface area (Å²) >= 11 is 1.61. The lowest BCUT2D eigenvalue weighted by Gasteiger charge is -2.36. The molecule has 1 heterocycles. The fraction of sp³-hybridized carbons (Fsp3) is 0.400. The van der Waals surface area contributed by atoms with Crippen LogP contribution in [0.25, 0.3) is 0 Å². The molecule has 0 bridgehead atoms. The van der Waals surface area contributed by atoms with E-state index in [1.54, 1.807) is 58.0 Å². The number of thioether (sulfide) groups is 1. The van der Waals surface area contributed by atoms with Gasteiger partial charge in [-0.05, 0) is 48.3 Å². The Bertz CT molecular complexity index is 994. The first kappa shape index (κ1) is 25.6. The molecule has 1 aliphatic rings. The summed E-state index contributed by atoms with van der Waals surface area (Å²) in [6, 6.07) is 12.1. The van der Waals surface area contributed by atoms with Crippen molar-refractivity contribution in [2.45, 2.75) is 18.9 Å². The first-order valence-corrected chi connectivity index (χ1v) is 12.6. The zero-order chi connectivity index (χ0) is 24.5. The molecule has 0 aliphatic carbocycles. The van der Waals surface area contributed by atoms with Crippen molar-refractivity contribution in [1.29, 1.82) is 0 Å². The average molecular weight is 488 g/mol. The van der Waals surface area contributed by atoms with Crippen LogP contribution in [0.2, 0.25) is 0 Å². The Kier molecular flexibility index (Phi) is 9.33. The van der Waals surface area contributed by atoms with Gasteiger partial charge in [-0.2, -0.15) is 11.8 Å². The van der Waals surface area contributed by atoms with Crippen LogP contribution in [0.4, 0.5) is 4.39 Å². The number of benzene rings is 2. The van der Waals surface area contributed by atoms with Gasteiger partial charge in [0.15, 0.2) is 0 Å². The lowest BCUT2D eigenvalue weighted by Crippen LogP contribution is -2.56. The van der Waals surface area contributed by atoms with Gasteiger partial charge in [-0.1, -0.05) is 24.3 Å². The maximum atomic E-state index is 13.3. The molecule has 0 spiro atoms. The van der Waals surface area contributed by atoms with Crippen LogP contribution >= 0.6 is 11.8 Å². The number of carbonyl (C=O) groups is 3. The van der Waals surface area contributed by atoms with Gasteiger partial charge in [-0.25, -0.2) is 4.39 Å². The number of carbonyl (C=O) groups excluding carboxylic acids is 3. The number of piperazine rings is 1. The molecule has 1 aliphatic heterocycles. The molecule has 3 rings (SSSR count). The molecule has 0 saturated carbocycles. The Morgan fingerprint density at radius 3 is 2.32 bits per heavy atom. The Balaban J connectivity index is 1.59.